The largest absolute Gasteiger partial charge is 0.493 e. The van der Waals surface area contributed by atoms with Crippen LogP contribution in [-0.2, 0) is 5.75 Å². The van der Waals surface area contributed by atoms with Gasteiger partial charge < -0.3 is 14.8 Å². The summed E-state index contributed by atoms with van der Waals surface area (Å²) in [5.41, 5.74) is 4.02. The monoisotopic (exact) mass is 309 g/mol. The first-order chi connectivity index (χ1) is 10.1. The number of rotatable bonds is 5. The molecule has 0 fully saturated rings. The molecule has 0 bridgehead atoms. The molecule has 0 saturated heterocycles. The highest BCUT2D eigenvalue weighted by atomic mass is 32.2. The van der Waals surface area contributed by atoms with Gasteiger partial charge >= 0.3 is 0 Å². The lowest BCUT2D eigenvalue weighted by Crippen LogP contribution is -2.25. The maximum atomic E-state index is 5.72. The van der Waals surface area contributed by atoms with E-state index in [2.05, 4.69) is 32.2 Å². The molecule has 3 nitrogen and oxygen atoms in total. The first kappa shape index (κ1) is 16.5. The molecule has 1 aliphatic heterocycles. The molecule has 0 aliphatic carbocycles. The van der Waals surface area contributed by atoms with Gasteiger partial charge in [0.1, 0.15) is 0 Å². The average molecular weight is 309 g/mol. The van der Waals surface area contributed by atoms with Gasteiger partial charge in [0.25, 0.3) is 0 Å². The second-order valence-corrected chi connectivity index (χ2v) is 7.11. The van der Waals surface area contributed by atoms with E-state index in [-0.39, 0.29) is 0 Å². The molecule has 2 rings (SSSR count). The Hall–Kier alpha value is -0.870. The van der Waals surface area contributed by atoms with Gasteiger partial charge in [-0.3, -0.25) is 0 Å². The fraction of sp³-hybridized carbons (Fsp3) is 0.647. The minimum Gasteiger partial charge on any atom is -0.493 e. The van der Waals surface area contributed by atoms with E-state index in [9.17, 15) is 0 Å². The molecule has 1 N–H and O–H groups in total. The number of aryl methyl sites for hydroxylation is 1. The lowest BCUT2D eigenvalue weighted by molar-refractivity contribution is 0.344. The summed E-state index contributed by atoms with van der Waals surface area (Å²) in [5, 5.41) is 4.34. The minimum atomic E-state index is 0.341. The first-order valence-electron chi connectivity index (χ1n) is 7.71. The van der Waals surface area contributed by atoms with Crippen molar-refractivity contribution in [2.75, 3.05) is 20.8 Å². The van der Waals surface area contributed by atoms with Gasteiger partial charge in [-0.2, -0.15) is 11.8 Å². The molecule has 1 aromatic carbocycles. The SMILES string of the molecule is CCCNC1CC(C)SCc2c(C)cc(OC)c(OC)c21. The molecule has 0 radical (unpaired) electrons. The molecule has 1 aromatic rings. The number of nitrogens with one attached hydrogen (secondary N) is 1. The third-order valence-electron chi connectivity index (χ3n) is 4.11. The van der Waals surface area contributed by atoms with Crippen LogP contribution < -0.4 is 14.8 Å². The number of thioether (sulfide) groups is 1. The van der Waals surface area contributed by atoms with Crippen molar-refractivity contribution >= 4 is 11.8 Å². The molecule has 118 valence electrons. The molecule has 4 heteroatoms. The van der Waals surface area contributed by atoms with E-state index in [0.29, 0.717) is 11.3 Å². The third-order valence-corrected chi connectivity index (χ3v) is 5.33. The van der Waals surface area contributed by atoms with Crippen molar-refractivity contribution in [3.63, 3.8) is 0 Å². The highest BCUT2D eigenvalue weighted by molar-refractivity contribution is 7.99. The van der Waals surface area contributed by atoms with Gasteiger partial charge in [-0.25, -0.2) is 0 Å². The number of hydrogen-bond acceptors (Lipinski definition) is 4. The molecule has 0 amide bonds. The van der Waals surface area contributed by atoms with Gasteiger partial charge in [0.15, 0.2) is 11.5 Å². The number of hydrogen-bond donors (Lipinski definition) is 1. The topological polar surface area (TPSA) is 30.5 Å². The van der Waals surface area contributed by atoms with Crippen LogP contribution in [0.5, 0.6) is 11.5 Å². The van der Waals surface area contributed by atoms with Crippen molar-refractivity contribution in [3.8, 4) is 11.5 Å². The lowest BCUT2D eigenvalue weighted by atomic mass is 9.93. The number of ether oxygens (including phenoxy) is 2. The summed E-state index contributed by atoms with van der Waals surface area (Å²) < 4.78 is 11.3. The molecular formula is C17H27NO2S. The van der Waals surface area contributed by atoms with Gasteiger partial charge in [0.2, 0.25) is 0 Å². The molecule has 2 unspecified atom stereocenters. The zero-order chi connectivity index (χ0) is 15.4. The van der Waals surface area contributed by atoms with Gasteiger partial charge in [0.05, 0.1) is 14.2 Å². The van der Waals surface area contributed by atoms with E-state index in [0.717, 1.165) is 36.6 Å². The maximum absolute atomic E-state index is 5.72. The van der Waals surface area contributed by atoms with Crippen molar-refractivity contribution in [2.24, 2.45) is 0 Å². The van der Waals surface area contributed by atoms with Gasteiger partial charge in [-0.05, 0) is 43.5 Å². The van der Waals surface area contributed by atoms with Crippen LogP contribution in [0.15, 0.2) is 6.07 Å². The lowest BCUT2D eigenvalue weighted by Gasteiger charge is -2.25. The average Bonchev–Trinajstić information content (AvgIpc) is 2.64. The fourth-order valence-corrected chi connectivity index (χ4v) is 4.16. The van der Waals surface area contributed by atoms with Crippen molar-refractivity contribution < 1.29 is 9.47 Å². The molecule has 2 atom stereocenters. The Morgan fingerprint density at radius 3 is 2.71 bits per heavy atom. The zero-order valence-corrected chi connectivity index (χ0v) is 14.6. The first-order valence-corrected chi connectivity index (χ1v) is 8.76. The van der Waals surface area contributed by atoms with E-state index >= 15 is 0 Å². The quantitative estimate of drug-likeness (QED) is 0.888. The van der Waals surface area contributed by atoms with E-state index < -0.39 is 0 Å². The second-order valence-electron chi connectivity index (χ2n) is 5.69. The van der Waals surface area contributed by atoms with Gasteiger partial charge in [-0.1, -0.05) is 13.8 Å². The van der Waals surface area contributed by atoms with Crippen LogP contribution in [0.1, 0.15) is 49.4 Å². The summed E-state index contributed by atoms with van der Waals surface area (Å²) in [5.74, 6) is 2.80. The van der Waals surface area contributed by atoms with Crippen LogP contribution in [0.3, 0.4) is 0 Å². The van der Waals surface area contributed by atoms with Crippen molar-refractivity contribution in [1.29, 1.82) is 0 Å². The van der Waals surface area contributed by atoms with Gasteiger partial charge in [0, 0.05) is 22.6 Å². The standard InChI is InChI=1S/C17H27NO2S/c1-6-7-18-14-9-12(3)21-10-13-11(2)8-15(19-4)17(20-5)16(13)14/h8,12,14,18H,6-7,9-10H2,1-5H3. The van der Waals surface area contributed by atoms with Crippen LogP contribution in [0.25, 0.3) is 0 Å². The third kappa shape index (κ3) is 3.49. The Bertz CT molecular complexity index is 490. The second kappa shape index (κ2) is 7.41. The summed E-state index contributed by atoms with van der Waals surface area (Å²) in [6.45, 7) is 7.72. The number of benzene rings is 1. The van der Waals surface area contributed by atoms with Crippen LogP contribution in [-0.4, -0.2) is 26.0 Å². The summed E-state index contributed by atoms with van der Waals surface area (Å²) in [6.07, 6.45) is 2.26. The van der Waals surface area contributed by atoms with E-state index in [1.165, 1.54) is 16.7 Å². The van der Waals surface area contributed by atoms with Crippen molar-refractivity contribution in [3.05, 3.63) is 22.8 Å². The Balaban J connectivity index is 2.54. The molecule has 1 heterocycles. The van der Waals surface area contributed by atoms with Crippen LogP contribution in [0, 0.1) is 6.92 Å². The maximum Gasteiger partial charge on any atom is 0.165 e. The highest BCUT2D eigenvalue weighted by Crippen LogP contribution is 2.45. The van der Waals surface area contributed by atoms with Crippen LogP contribution in [0.2, 0.25) is 0 Å². The fourth-order valence-electron chi connectivity index (χ4n) is 3.00. The zero-order valence-electron chi connectivity index (χ0n) is 13.8. The Morgan fingerprint density at radius 2 is 2.10 bits per heavy atom. The van der Waals surface area contributed by atoms with E-state index in [1.54, 1.807) is 14.2 Å². The molecule has 21 heavy (non-hydrogen) atoms. The molecular weight excluding hydrogens is 282 g/mol. The predicted octanol–water partition coefficient (Wildman–Crippen LogP) is 4.08. The number of fused-ring (bicyclic) bond motifs is 1. The minimum absolute atomic E-state index is 0.341. The van der Waals surface area contributed by atoms with E-state index in [1.807, 2.05) is 11.8 Å². The normalized spacial score (nSPS) is 21.6. The Kier molecular flexibility index (Phi) is 5.82. The molecule has 1 aliphatic rings. The highest BCUT2D eigenvalue weighted by Gasteiger charge is 2.29. The Labute approximate surface area is 132 Å². The summed E-state index contributed by atoms with van der Waals surface area (Å²) in [6, 6.07) is 2.44. The molecule has 0 aromatic heterocycles. The smallest absolute Gasteiger partial charge is 0.165 e. The van der Waals surface area contributed by atoms with E-state index in [4.69, 9.17) is 9.47 Å². The summed E-state index contributed by atoms with van der Waals surface area (Å²) >= 11 is 2.03. The summed E-state index contributed by atoms with van der Waals surface area (Å²) in [7, 11) is 3.46. The molecule has 0 saturated carbocycles. The van der Waals surface area contributed by atoms with Crippen molar-refractivity contribution in [2.45, 2.75) is 50.7 Å². The predicted molar refractivity (Wildman–Crippen MR) is 90.7 cm³/mol. The molecule has 0 spiro atoms. The van der Waals surface area contributed by atoms with Crippen LogP contribution >= 0.6 is 11.8 Å². The van der Waals surface area contributed by atoms with Gasteiger partial charge in [-0.15, -0.1) is 0 Å². The van der Waals surface area contributed by atoms with Crippen molar-refractivity contribution in [1.82, 2.24) is 5.32 Å². The Morgan fingerprint density at radius 1 is 1.33 bits per heavy atom. The number of methoxy groups -OCH3 is 2. The van der Waals surface area contributed by atoms with Crippen LogP contribution in [0.4, 0.5) is 0 Å². The summed E-state index contributed by atoms with van der Waals surface area (Å²) in [4.78, 5) is 0.